The van der Waals surface area contributed by atoms with Crippen molar-refractivity contribution in [2.45, 2.75) is 19.5 Å². The van der Waals surface area contributed by atoms with Crippen LogP contribution in [0.5, 0.6) is 0 Å². The molecule has 0 heterocycles. The fraction of sp³-hybridized carbons (Fsp3) is 0.364. The third-order valence-corrected chi connectivity index (χ3v) is 1.90. The summed E-state index contributed by atoms with van der Waals surface area (Å²) < 4.78 is 41.3. The highest BCUT2D eigenvalue weighted by Crippen LogP contribution is 2.23. The highest BCUT2D eigenvalue weighted by Gasteiger charge is 2.29. The van der Waals surface area contributed by atoms with Crippen LogP contribution < -0.4 is 0 Å². The molecule has 0 unspecified atom stereocenters. The molecular weight excluding hydrogens is 221 g/mol. The predicted molar refractivity (Wildman–Crippen MR) is 52.2 cm³/mol. The summed E-state index contributed by atoms with van der Waals surface area (Å²) in [5.74, 6) is -0.720. The first-order valence-corrected chi connectivity index (χ1v) is 4.76. The molecule has 0 amide bonds. The van der Waals surface area contributed by atoms with Crippen LogP contribution in [0.4, 0.5) is 13.2 Å². The Balaban J connectivity index is 2.96. The molecule has 0 saturated carbocycles. The topological polar surface area (TPSA) is 26.3 Å². The van der Waals surface area contributed by atoms with E-state index in [0.717, 1.165) is 0 Å². The Morgan fingerprint density at radius 3 is 2.50 bits per heavy atom. The van der Waals surface area contributed by atoms with Crippen molar-refractivity contribution in [3.05, 3.63) is 35.4 Å². The molecule has 88 valence electrons. The van der Waals surface area contributed by atoms with Crippen molar-refractivity contribution in [3.63, 3.8) is 0 Å². The fourth-order valence-electron chi connectivity index (χ4n) is 1.30. The van der Waals surface area contributed by atoms with Gasteiger partial charge in [-0.3, -0.25) is 0 Å². The van der Waals surface area contributed by atoms with E-state index >= 15 is 0 Å². The summed E-state index contributed by atoms with van der Waals surface area (Å²) >= 11 is 0. The molecule has 16 heavy (non-hydrogen) atoms. The van der Waals surface area contributed by atoms with Crippen molar-refractivity contribution in [2.75, 3.05) is 6.61 Å². The minimum absolute atomic E-state index is 0.0262. The van der Waals surface area contributed by atoms with Gasteiger partial charge in [-0.2, -0.15) is 13.2 Å². The van der Waals surface area contributed by atoms with E-state index in [9.17, 15) is 18.0 Å². The molecule has 1 aromatic carbocycles. The van der Waals surface area contributed by atoms with Crippen LogP contribution in [0.2, 0.25) is 0 Å². The first-order valence-electron chi connectivity index (χ1n) is 4.76. The summed E-state index contributed by atoms with van der Waals surface area (Å²) in [6.07, 6.45) is -5.45. The summed E-state index contributed by atoms with van der Waals surface area (Å²) in [6.45, 7) is 1.74. The standard InChI is InChI=1S/C11H11F3O2/c1-2-16-10(15)9-6-4-3-5-8(9)7-11(12,13)14/h3-6H,2,7H2,1H3. The second kappa shape index (κ2) is 5.01. The Morgan fingerprint density at radius 1 is 1.31 bits per heavy atom. The van der Waals surface area contributed by atoms with Crippen LogP contribution in [0.1, 0.15) is 22.8 Å². The largest absolute Gasteiger partial charge is 0.462 e. The zero-order valence-corrected chi connectivity index (χ0v) is 8.67. The Hall–Kier alpha value is -1.52. The lowest BCUT2D eigenvalue weighted by Gasteiger charge is -2.10. The molecule has 1 aromatic rings. The molecule has 0 aliphatic rings. The van der Waals surface area contributed by atoms with Crippen molar-refractivity contribution >= 4 is 5.97 Å². The number of ether oxygens (including phenoxy) is 1. The molecule has 0 aliphatic carbocycles. The summed E-state index contributed by atoms with van der Waals surface area (Å²) in [5.41, 5.74) is -0.0878. The first kappa shape index (κ1) is 12.5. The number of esters is 1. The number of carbonyl (C=O) groups excluding carboxylic acids is 1. The van der Waals surface area contributed by atoms with E-state index in [1.165, 1.54) is 24.3 Å². The lowest BCUT2D eigenvalue weighted by Crippen LogP contribution is -2.16. The van der Waals surface area contributed by atoms with E-state index in [-0.39, 0.29) is 17.7 Å². The SMILES string of the molecule is CCOC(=O)c1ccccc1CC(F)(F)F. The molecule has 2 nitrogen and oxygen atoms in total. The Morgan fingerprint density at radius 2 is 1.94 bits per heavy atom. The molecule has 0 atom stereocenters. The number of hydrogen-bond donors (Lipinski definition) is 0. The van der Waals surface area contributed by atoms with E-state index in [1.807, 2.05) is 0 Å². The normalized spacial score (nSPS) is 11.2. The minimum atomic E-state index is -4.33. The van der Waals surface area contributed by atoms with Gasteiger partial charge in [-0.05, 0) is 18.6 Å². The third-order valence-electron chi connectivity index (χ3n) is 1.90. The van der Waals surface area contributed by atoms with E-state index < -0.39 is 18.6 Å². The molecular formula is C11H11F3O2. The van der Waals surface area contributed by atoms with Crippen LogP contribution in [-0.2, 0) is 11.2 Å². The number of halogens is 3. The summed E-state index contributed by atoms with van der Waals surface area (Å²) in [5, 5.41) is 0. The van der Waals surface area contributed by atoms with Gasteiger partial charge in [-0.1, -0.05) is 18.2 Å². The molecule has 1 rings (SSSR count). The monoisotopic (exact) mass is 232 g/mol. The second-order valence-electron chi connectivity index (χ2n) is 3.17. The Kier molecular flexibility index (Phi) is 3.93. The maximum Gasteiger partial charge on any atom is 0.393 e. The number of carbonyl (C=O) groups is 1. The van der Waals surface area contributed by atoms with Crippen LogP contribution in [0.15, 0.2) is 24.3 Å². The van der Waals surface area contributed by atoms with Crippen molar-refractivity contribution in [1.82, 2.24) is 0 Å². The van der Waals surface area contributed by atoms with Gasteiger partial charge in [0.25, 0.3) is 0 Å². The van der Waals surface area contributed by atoms with Crippen LogP contribution in [0, 0.1) is 0 Å². The van der Waals surface area contributed by atoms with Gasteiger partial charge in [-0.15, -0.1) is 0 Å². The fourth-order valence-corrected chi connectivity index (χ4v) is 1.30. The summed E-state index contributed by atoms with van der Waals surface area (Å²) in [4.78, 5) is 11.4. The zero-order chi connectivity index (χ0) is 12.2. The quantitative estimate of drug-likeness (QED) is 0.749. The highest BCUT2D eigenvalue weighted by molar-refractivity contribution is 5.91. The Labute approximate surface area is 91.0 Å². The number of rotatable bonds is 3. The average Bonchev–Trinajstić information content (AvgIpc) is 2.16. The van der Waals surface area contributed by atoms with Crippen molar-refractivity contribution in [2.24, 2.45) is 0 Å². The zero-order valence-electron chi connectivity index (χ0n) is 8.67. The van der Waals surface area contributed by atoms with Crippen molar-refractivity contribution in [3.8, 4) is 0 Å². The summed E-state index contributed by atoms with van der Waals surface area (Å²) in [7, 11) is 0. The van der Waals surface area contributed by atoms with Gasteiger partial charge in [0.15, 0.2) is 0 Å². The van der Waals surface area contributed by atoms with Crippen LogP contribution in [0.3, 0.4) is 0 Å². The number of alkyl halides is 3. The van der Waals surface area contributed by atoms with Crippen LogP contribution in [-0.4, -0.2) is 18.8 Å². The molecule has 0 fully saturated rings. The third kappa shape index (κ3) is 3.56. The maximum absolute atomic E-state index is 12.2. The minimum Gasteiger partial charge on any atom is -0.462 e. The lowest BCUT2D eigenvalue weighted by atomic mass is 10.0. The highest BCUT2D eigenvalue weighted by atomic mass is 19.4. The van der Waals surface area contributed by atoms with Gasteiger partial charge in [0.1, 0.15) is 0 Å². The van der Waals surface area contributed by atoms with E-state index in [4.69, 9.17) is 0 Å². The number of benzene rings is 1. The Bertz CT molecular complexity index is 372. The van der Waals surface area contributed by atoms with Crippen molar-refractivity contribution in [1.29, 1.82) is 0 Å². The van der Waals surface area contributed by atoms with Crippen LogP contribution >= 0.6 is 0 Å². The molecule has 0 bridgehead atoms. The van der Waals surface area contributed by atoms with Crippen LogP contribution in [0.25, 0.3) is 0 Å². The first-order chi connectivity index (χ1) is 7.44. The van der Waals surface area contributed by atoms with E-state index in [1.54, 1.807) is 6.92 Å². The molecule has 0 aromatic heterocycles. The molecule has 0 aliphatic heterocycles. The molecule has 0 saturated heterocycles. The van der Waals surface area contributed by atoms with Crippen molar-refractivity contribution < 1.29 is 22.7 Å². The van der Waals surface area contributed by atoms with Gasteiger partial charge in [0.2, 0.25) is 0 Å². The molecule has 5 heteroatoms. The molecule has 0 N–H and O–H groups in total. The molecule has 0 spiro atoms. The van der Waals surface area contributed by atoms with Gasteiger partial charge < -0.3 is 4.74 Å². The summed E-state index contributed by atoms with van der Waals surface area (Å²) in [6, 6.07) is 5.58. The van der Waals surface area contributed by atoms with Gasteiger partial charge >= 0.3 is 12.1 Å². The van der Waals surface area contributed by atoms with Gasteiger partial charge in [0.05, 0.1) is 18.6 Å². The molecule has 0 radical (unpaired) electrons. The van der Waals surface area contributed by atoms with E-state index in [0.29, 0.717) is 0 Å². The predicted octanol–water partition coefficient (Wildman–Crippen LogP) is 2.97. The second-order valence-corrected chi connectivity index (χ2v) is 3.17. The van der Waals surface area contributed by atoms with Gasteiger partial charge in [0, 0.05) is 0 Å². The van der Waals surface area contributed by atoms with E-state index in [2.05, 4.69) is 4.74 Å². The number of hydrogen-bond acceptors (Lipinski definition) is 2. The lowest BCUT2D eigenvalue weighted by molar-refractivity contribution is -0.127. The smallest absolute Gasteiger partial charge is 0.393 e. The maximum atomic E-state index is 12.2. The average molecular weight is 232 g/mol. The van der Waals surface area contributed by atoms with Gasteiger partial charge in [-0.25, -0.2) is 4.79 Å².